The van der Waals surface area contributed by atoms with Crippen LogP contribution in [0.1, 0.15) is 44.9 Å². The van der Waals surface area contributed by atoms with E-state index in [4.69, 9.17) is 4.74 Å². The zero-order valence-electron chi connectivity index (χ0n) is 15.4. The topological polar surface area (TPSA) is 102 Å². The molecule has 27 heavy (non-hydrogen) atoms. The van der Waals surface area contributed by atoms with Gasteiger partial charge in [-0.2, -0.15) is 0 Å². The van der Waals surface area contributed by atoms with E-state index in [1.165, 1.54) is 19.3 Å². The van der Waals surface area contributed by atoms with Gasteiger partial charge in [-0.05, 0) is 61.7 Å². The van der Waals surface area contributed by atoms with Crippen molar-refractivity contribution in [3.8, 4) is 0 Å². The Morgan fingerprint density at radius 3 is 2.30 bits per heavy atom. The Morgan fingerprint density at radius 2 is 1.74 bits per heavy atom. The van der Waals surface area contributed by atoms with Crippen LogP contribution in [0.5, 0.6) is 0 Å². The van der Waals surface area contributed by atoms with Crippen LogP contribution in [0, 0.1) is 23.2 Å². The number of hydrogen-bond donors (Lipinski definition) is 1. The van der Waals surface area contributed by atoms with Crippen molar-refractivity contribution in [2.45, 2.75) is 44.9 Å². The molecule has 3 amide bonds. The summed E-state index contributed by atoms with van der Waals surface area (Å²) in [5.74, 6) is 0.899. The quantitative estimate of drug-likeness (QED) is 0.698. The molecule has 1 N–H and O–H groups in total. The first kappa shape index (κ1) is 18.3. The van der Waals surface area contributed by atoms with E-state index in [1.807, 2.05) is 0 Å². The van der Waals surface area contributed by atoms with Gasteiger partial charge in [0.15, 0.2) is 6.61 Å². The second kappa shape index (κ2) is 7.13. The summed E-state index contributed by atoms with van der Waals surface area (Å²) in [5.41, 5.74) is 0.120. The fraction of sp³-hybridized carbons (Fsp3) is 0.789. The highest BCUT2D eigenvalue weighted by Gasteiger charge is 2.51. The number of hydrogen-bond acceptors (Lipinski definition) is 6. The molecule has 1 saturated heterocycles. The Kier molecular flexibility index (Phi) is 4.82. The summed E-state index contributed by atoms with van der Waals surface area (Å²) in [6.45, 7) is -0.475. The molecule has 8 heteroatoms. The van der Waals surface area contributed by atoms with E-state index in [0.717, 1.165) is 41.9 Å². The summed E-state index contributed by atoms with van der Waals surface area (Å²) in [6, 6.07) is 0. The molecule has 0 aromatic heterocycles. The number of ether oxygens (including phenoxy) is 2. The lowest BCUT2D eigenvalue weighted by atomic mass is 9.49. The van der Waals surface area contributed by atoms with Crippen molar-refractivity contribution in [3.05, 3.63) is 0 Å². The zero-order valence-corrected chi connectivity index (χ0v) is 15.4. The highest BCUT2D eigenvalue weighted by atomic mass is 16.6. The summed E-state index contributed by atoms with van der Waals surface area (Å²) in [7, 11) is 0. The number of imide groups is 1. The van der Waals surface area contributed by atoms with Crippen molar-refractivity contribution in [2.24, 2.45) is 23.2 Å². The second-order valence-electron chi connectivity index (χ2n) is 8.69. The normalized spacial score (nSPS) is 33.7. The van der Waals surface area contributed by atoms with Crippen molar-refractivity contribution < 1.29 is 28.7 Å². The molecular weight excluding hydrogens is 352 g/mol. The van der Waals surface area contributed by atoms with Gasteiger partial charge in [-0.15, -0.1) is 0 Å². The number of carbonyl (C=O) groups excluding carboxylic acids is 4. The molecule has 4 bridgehead atoms. The van der Waals surface area contributed by atoms with Crippen molar-refractivity contribution >= 4 is 23.9 Å². The second-order valence-corrected chi connectivity index (χ2v) is 8.69. The number of rotatable bonds is 6. The van der Waals surface area contributed by atoms with Crippen LogP contribution in [0.15, 0.2) is 0 Å². The van der Waals surface area contributed by atoms with Gasteiger partial charge in [0, 0.05) is 6.42 Å². The molecule has 0 unspecified atom stereocenters. The Bertz CT molecular complexity index is 625. The Morgan fingerprint density at radius 1 is 1.11 bits per heavy atom. The highest BCUT2D eigenvalue weighted by molar-refractivity contribution is 5.94. The fourth-order valence-electron chi connectivity index (χ4n) is 5.97. The Labute approximate surface area is 157 Å². The molecular formula is C19H26N2O6. The Balaban J connectivity index is 1.19. The van der Waals surface area contributed by atoms with Crippen molar-refractivity contribution in [2.75, 3.05) is 26.3 Å². The minimum absolute atomic E-state index is 0.120. The first-order valence-corrected chi connectivity index (χ1v) is 9.82. The number of carbonyl (C=O) groups is 4. The van der Waals surface area contributed by atoms with E-state index >= 15 is 0 Å². The predicted octanol–water partition coefficient (Wildman–Crippen LogP) is 1.23. The molecule has 0 spiro atoms. The number of cyclic esters (lactones) is 1. The number of esters is 1. The van der Waals surface area contributed by atoms with Gasteiger partial charge in [0.2, 0.25) is 5.91 Å². The third kappa shape index (κ3) is 3.94. The van der Waals surface area contributed by atoms with Gasteiger partial charge >= 0.3 is 12.1 Å². The molecule has 1 aliphatic heterocycles. The molecule has 5 fully saturated rings. The van der Waals surface area contributed by atoms with Gasteiger partial charge in [0.25, 0.3) is 5.91 Å². The van der Waals surface area contributed by atoms with Gasteiger partial charge in [-0.25, -0.2) is 9.69 Å². The molecule has 5 aliphatic rings. The average Bonchev–Trinajstić information content (AvgIpc) is 3.02. The van der Waals surface area contributed by atoms with Crippen molar-refractivity contribution in [1.29, 1.82) is 0 Å². The lowest BCUT2D eigenvalue weighted by molar-refractivity contribution is -0.150. The third-order valence-corrected chi connectivity index (χ3v) is 6.55. The van der Waals surface area contributed by atoms with E-state index in [0.29, 0.717) is 6.42 Å². The summed E-state index contributed by atoms with van der Waals surface area (Å²) in [5, 5.41) is 2.63. The molecule has 1 heterocycles. The first-order chi connectivity index (χ1) is 12.9. The lowest BCUT2D eigenvalue weighted by Crippen LogP contribution is -2.48. The fourth-order valence-corrected chi connectivity index (χ4v) is 5.97. The van der Waals surface area contributed by atoms with Crippen LogP contribution in [0.25, 0.3) is 0 Å². The van der Waals surface area contributed by atoms with Crippen LogP contribution in [0.4, 0.5) is 4.79 Å². The van der Waals surface area contributed by atoms with Crippen LogP contribution < -0.4 is 5.32 Å². The van der Waals surface area contributed by atoms with E-state index in [2.05, 4.69) is 10.1 Å². The van der Waals surface area contributed by atoms with Gasteiger partial charge in [-0.3, -0.25) is 14.4 Å². The predicted molar refractivity (Wildman–Crippen MR) is 92.3 cm³/mol. The number of amides is 3. The van der Waals surface area contributed by atoms with Gasteiger partial charge in [-0.1, -0.05) is 0 Å². The van der Waals surface area contributed by atoms with Crippen LogP contribution >= 0.6 is 0 Å². The van der Waals surface area contributed by atoms with Gasteiger partial charge < -0.3 is 14.8 Å². The minimum atomic E-state index is -0.722. The molecule has 0 aromatic rings. The summed E-state index contributed by atoms with van der Waals surface area (Å²) >= 11 is 0. The molecule has 4 saturated carbocycles. The molecule has 0 radical (unpaired) electrons. The van der Waals surface area contributed by atoms with Crippen LogP contribution in [0.3, 0.4) is 0 Å². The highest BCUT2D eigenvalue weighted by Crippen LogP contribution is 2.61. The monoisotopic (exact) mass is 378 g/mol. The smallest absolute Gasteiger partial charge is 0.416 e. The maximum absolute atomic E-state index is 12.4. The average molecular weight is 378 g/mol. The maximum Gasteiger partial charge on any atom is 0.416 e. The molecule has 148 valence electrons. The van der Waals surface area contributed by atoms with E-state index < -0.39 is 24.6 Å². The minimum Gasteiger partial charge on any atom is -0.454 e. The standard InChI is InChI=1S/C19H26N2O6/c22-15(9-19-6-12-3-13(7-19)5-14(4-12)8-19)20-10-17(24)27-11-16(23)21-1-2-26-18(21)25/h12-14H,1-11H2,(H,20,22). The zero-order chi connectivity index (χ0) is 19.0. The van der Waals surface area contributed by atoms with Gasteiger partial charge in [0.1, 0.15) is 13.2 Å². The molecule has 8 nitrogen and oxygen atoms in total. The van der Waals surface area contributed by atoms with Gasteiger partial charge in [0.05, 0.1) is 6.54 Å². The van der Waals surface area contributed by atoms with Crippen molar-refractivity contribution in [3.63, 3.8) is 0 Å². The third-order valence-electron chi connectivity index (χ3n) is 6.55. The van der Waals surface area contributed by atoms with Crippen LogP contribution in [-0.2, 0) is 23.9 Å². The van der Waals surface area contributed by atoms with Crippen LogP contribution in [-0.4, -0.2) is 55.1 Å². The van der Waals surface area contributed by atoms with E-state index in [1.54, 1.807) is 0 Å². The molecule has 0 aromatic carbocycles. The first-order valence-electron chi connectivity index (χ1n) is 9.82. The van der Waals surface area contributed by atoms with Crippen LogP contribution in [0.2, 0.25) is 0 Å². The number of nitrogens with zero attached hydrogens (tertiary/aromatic N) is 1. The number of nitrogens with one attached hydrogen (secondary N) is 1. The SMILES string of the molecule is O=C(CC12CC3CC(CC(C3)C1)C2)NCC(=O)OCC(=O)N1CCOC1=O. The van der Waals surface area contributed by atoms with E-state index in [9.17, 15) is 19.2 Å². The summed E-state index contributed by atoms with van der Waals surface area (Å²) in [4.78, 5) is 48.1. The summed E-state index contributed by atoms with van der Waals surface area (Å²) < 4.78 is 9.51. The molecule has 0 atom stereocenters. The Hall–Kier alpha value is -2.12. The largest absolute Gasteiger partial charge is 0.454 e. The molecule has 5 rings (SSSR count). The van der Waals surface area contributed by atoms with E-state index in [-0.39, 0.29) is 31.0 Å². The lowest BCUT2D eigenvalue weighted by Gasteiger charge is -2.56. The van der Waals surface area contributed by atoms with Crippen molar-refractivity contribution in [1.82, 2.24) is 10.2 Å². The maximum atomic E-state index is 12.4. The summed E-state index contributed by atoms with van der Waals surface area (Å²) in [6.07, 6.45) is 7.14. The molecule has 4 aliphatic carbocycles.